The van der Waals surface area contributed by atoms with E-state index >= 15 is 0 Å². The van der Waals surface area contributed by atoms with Crippen molar-refractivity contribution in [1.29, 1.82) is 0 Å². The molecule has 1 fully saturated rings. The van der Waals surface area contributed by atoms with Crippen LogP contribution in [0.2, 0.25) is 10.0 Å². The summed E-state index contributed by atoms with van der Waals surface area (Å²) in [4.78, 5) is 47.3. The maximum Gasteiger partial charge on any atom is 0.312 e. The summed E-state index contributed by atoms with van der Waals surface area (Å²) in [5, 5.41) is 13.5. The largest absolute Gasteiger partial charge is 0.493 e. The van der Waals surface area contributed by atoms with E-state index in [9.17, 15) is 19.5 Å². The molecule has 0 bridgehead atoms. The zero-order valence-corrected chi connectivity index (χ0v) is 26.2. The number of carbonyl (C=O) groups is 3. The molecule has 1 saturated heterocycles. The predicted octanol–water partition coefficient (Wildman–Crippen LogP) is 5.00. The van der Waals surface area contributed by atoms with Gasteiger partial charge in [-0.25, -0.2) is 9.97 Å². The number of hydrogen-bond acceptors (Lipinski definition) is 8. The van der Waals surface area contributed by atoms with Crippen LogP contribution in [0.3, 0.4) is 0 Å². The summed E-state index contributed by atoms with van der Waals surface area (Å²) >= 11 is 13.4. The molecule has 0 spiro atoms. The zero-order valence-electron chi connectivity index (χ0n) is 23.9. The minimum Gasteiger partial charge on any atom is -0.493 e. The molecule has 2 amide bonds. The number of halogens is 2. The molecule has 0 radical (unpaired) electrons. The second-order valence-electron chi connectivity index (χ2n) is 10.2. The standard InChI is InChI=1S/C30H32Cl2N4O6S/c1-17(24-10-19(15-36(24)28(38)12-29(39)40)8-18-4-6-22(31)23(32)9-18)35-27(37)16-43-30-33-13-21(14-34-30)20-5-7-25(41-2)26(11-20)42-3/h4-7,9,11,13-14,17,19,24H,8,10,12,15-16H2,1-3H3,(H,35,37)(H,39,40)/t17?,19-,24+/m1/s1. The highest BCUT2D eigenvalue weighted by molar-refractivity contribution is 7.99. The summed E-state index contributed by atoms with van der Waals surface area (Å²) in [5.41, 5.74) is 2.61. The van der Waals surface area contributed by atoms with Crippen molar-refractivity contribution in [3.05, 3.63) is 64.4 Å². The van der Waals surface area contributed by atoms with Crippen LogP contribution in [0.15, 0.2) is 53.9 Å². The lowest BCUT2D eigenvalue weighted by molar-refractivity contribution is -0.145. The van der Waals surface area contributed by atoms with Crippen molar-refractivity contribution < 1.29 is 29.0 Å². The smallest absolute Gasteiger partial charge is 0.312 e. The van der Waals surface area contributed by atoms with Crippen LogP contribution >= 0.6 is 35.0 Å². The van der Waals surface area contributed by atoms with E-state index in [-0.39, 0.29) is 23.6 Å². The summed E-state index contributed by atoms with van der Waals surface area (Å²) in [7, 11) is 3.14. The Morgan fingerprint density at radius 1 is 1.05 bits per heavy atom. The molecule has 3 atom stereocenters. The molecule has 4 rings (SSSR count). The van der Waals surface area contributed by atoms with Gasteiger partial charge in [0.1, 0.15) is 6.42 Å². The predicted molar refractivity (Wildman–Crippen MR) is 165 cm³/mol. The molecule has 10 nitrogen and oxygen atoms in total. The fourth-order valence-electron chi connectivity index (χ4n) is 5.17. The highest BCUT2D eigenvalue weighted by Gasteiger charge is 2.39. The number of nitrogens with zero attached hydrogens (tertiary/aromatic N) is 3. The van der Waals surface area contributed by atoms with E-state index in [0.717, 1.165) is 16.7 Å². The fraction of sp³-hybridized carbons (Fsp3) is 0.367. The first-order valence-corrected chi connectivity index (χ1v) is 15.2. The summed E-state index contributed by atoms with van der Waals surface area (Å²) in [6, 6.07) is 10.2. The number of methoxy groups -OCH3 is 2. The molecule has 1 aliphatic rings. The lowest BCUT2D eigenvalue weighted by atomic mass is 9.95. The average molecular weight is 648 g/mol. The molecule has 228 valence electrons. The molecule has 0 aliphatic carbocycles. The maximum absolute atomic E-state index is 12.9. The van der Waals surface area contributed by atoms with Gasteiger partial charge >= 0.3 is 5.97 Å². The first-order chi connectivity index (χ1) is 20.6. The van der Waals surface area contributed by atoms with Crippen LogP contribution in [0, 0.1) is 5.92 Å². The van der Waals surface area contributed by atoms with Crippen LogP contribution in [0.25, 0.3) is 11.1 Å². The molecule has 1 unspecified atom stereocenters. The van der Waals surface area contributed by atoms with Gasteiger partial charge < -0.3 is 24.8 Å². The van der Waals surface area contributed by atoms with E-state index in [4.69, 9.17) is 32.7 Å². The van der Waals surface area contributed by atoms with Crippen LogP contribution in [0.5, 0.6) is 11.5 Å². The lowest BCUT2D eigenvalue weighted by Crippen LogP contribution is -2.50. The number of thioether (sulfide) groups is 1. The van der Waals surface area contributed by atoms with Crippen molar-refractivity contribution in [2.75, 3.05) is 26.5 Å². The Labute approximate surface area is 264 Å². The van der Waals surface area contributed by atoms with Gasteiger partial charge in [0.25, 0.3) is 0 Å². The Morgan fingerprint density at radius 2 is 1.77 bits per heavy atom. The summed E-state index contributed by atoms with van der Waals surface area (Å²) in [6.07, 6.45) is 3.98. The quantitative estimate of drug-likeness (QED) is 0.159. The van der Waals surface area contributed by atoms with E-state index in [2.05, 4.69) is 15.3 Å². The topological polar surface area (TPSA) is 131 Å². The van der Waals surface area contributed by atoms with Crippen LogP contribution in [0.4, 0.5) is 0 Å². The molecular formula is C30H32Cl2N4O6S. The molecule has 2 N–H and O–H groups in total. The molecule has 13 heteroatoms. The number of hydrogen-bond donors (Lipinski definition) is 2. The number of carboxylic acid groups (broad SMARTS) is 1. The van der Waals surface area contributed by atoms with Crippen molar-refractivity contribution in [2.24, 2.45) is 5.92 Å². The van der Waals surface area contributed by atoms with Crippen molar-refractivity contribution in [1.82, 2.24) is 20.2 Å². The van der Waals surface area contributed by atoms with Crippen molar-refractivity contribution >= 4 is 52.7 Å². The third-order valence-corrected chi connectivity index (χ3v) is 8.82. The van der Waals surface area contributed by atoms with Crippen molar-refractivity contribution in [3.63, 3.8) is 0 Å². The summed E-state index contributed by atoms with van der Waals surface area (Å²) in [6.45, 7) is 2.20. The highest BCUT2D eigenvalue weighted by Crippen LogP contribution is 2.33. The van der Waals surface area contributed by atoms with E-state index in [0.29, 0.717) is 46.1 Å². The average Bonchev–Trinajstić information content (AvgIpc) is 3.41. The van der Waals surface area contributed by atoms with Gasteiger partial charge in [0.05, 0.1) is 36.1 Å². The third-order valence-electron chi connectivity index (χ3n) is 7.20. The second-order valence-corrected chi connectivity index (χ2v) is 12.0. The first kappa shape index (κ1) is 32.4. The number of aliphatic carboxylic acids is 1. The Bertz CT molecular complexity index is 1480. The number of ether oxygens (including phenoxy) is 2. The van der Waals surface area contributed by atoms with E-state index < -0.39 is 24.3 Å². The fourth-order valence-corrected chi connectivity index (χ4v) is 6.09. The summed E-state index contributed by atoms with van der Waals surface area (Å²) in [5.74, 6) is -0.573. The molecule has 1 aromatic heterocycles. The number of amides is 2. The van der Waals surface area contributed by atoms with Crippen molar-refractivity contribution in [2.45, 2.75) is 43.4 Å². The normalized spacial score (nSPS) is 16.9. The zero-order chi connectivity index (χ0) is 31.1. The molecule has 43 heavy (non-hydrogen) atoms. The number of nitrogens with one attached hydrogen (secondary N) is 1. The number of likely N-dealkylation sites (tertiary alicyclic amines) is 1. The van der Waals surface area contributed by atoms with Gasteiger partial charge in [0.15, 0.2) is 16.7 Å². The number of carbonyl (C=O) groups excluding carboxylic acids is 2. The monoisotopic (exact) mass is 646 g/mol. The maximum atomic E-state index is 12.9. The lowest BCUT2D eigenvalue weighted by Gasteiger charge is -2.29. The third kappa shape index (κ3) is 8.52. The van der Waals surface area contributed by atoms with Gasteiger partial charge in [-0.3, -0.25) is 14.4 Å². The van der Waals surface area contributed by atoms with Crippen LogP contribution in [-0.2, 0) is 20.8 Å². The molecule has 2 heterocycles. The Kier molecular flexibility index (Phi) is 11.1. The molecule has 3 aromatic rings. The number of benzene rings is 2. The van der Waals surface area contributed by atoms with Crippen LogP contribution < -0.4 is 14.8 Å². The van der Waals surface area contributed by atoms with E-state index in [1.54, 1.807) is 49.7 Å². The van der Waals surface area contributed by atoms with Crippen LogP contribution in [-0.4, -0.2) is 76.4 Å². The van der Waals surface area contributed by atoms with Gasteiger partial charge in [-0.15, -0.1) is 0 Å². The first-order valence-electron chi connectivity index (χ1n) is 13.5. The Morgan fingerprint density at radius 3 is 2.42 bits per heavy atom. The van der Waals surface area contributed by atoms with E-state index in [1.807, 2.05) is 25.1 Å². The number of rotatable bonds is 12. The van der Waals surface area contributed by atoms with Gasteiger partial charge in [-0.05, 0) is 61.1 Å². The number of carboxylic acids is 1. The van der Waals surface area contributed by atoms with E-state index in [1.165, 1.54) is 11.8 Å². The minimum atomic E-state index is -1.19. The minimum absolute atomic E-state index is 0.0614. The molecule has 0 saturated carbocycles. The molecule has 2 aromatic carbocycles. The Hall–Kier alpha value is -3.54. The summed E-state index contributed by atoms with van der Waals surface area (Å²) < 4.78 is 10.6. The van der Waals surface area contributed by atoms with Crippen LogP contribution in [0.1, 0.15) is 25.3 Å². The van der Waals surface area contributed by atoms with Gasteiger partial charge in [0, 0.05) is 30.5 Å². The van der Waals surface area contributed by atoms with Gasteiger partial charge in [-0.2, -0.15) is 0 Å². The highest BCUT2D eigenvalue weighted by atomic mass is 35.5. The molecular weight excluding hydrogens is 615 g/mol. The van der Waals surface area contributed by atoms with Gasteiger partial charge in [0.2, 0.25) is 11.8 Å². The second kappa shape index (κ2) is 14.8. The van der Waals surface area contributed by atoms with Gasteiger partial charge in [-0.1, -0.05) is 47.1 Å². The Balaban J connectivity index is 1.35. The molecule has 1 aliphatic heterocycles. The number of aromatic nitrogens is 2. The van der Waals surface area contributed by atoms with Crippen molar-refractivity contribution in [3.8, 4) is 22.6 Å². The SMILES string of the molecule is COc1ccc(-c2cnc(SCC(=O)NC(C)[C@@H]3C[C@@H](Cc4ccc(Cl)c(Cl)c4)CN3C(=O)CC(=O)O)nc2)cc1OC.